The third-order valence-corrected chi connectivity index (χ3v) is 6.57. The van der Waals surface area contributed by atoms with Gasteiger partial charge < -0.3 is 15.5 Å². The summed E-state index contributed by atoms with van der Waals surface area (Å²) < 4.78 is 0. The fraction of sp³-hybridized carbons (Fsp3) is 0.417. The van der Waals surface area contributed by atoms with E-state index in [4.69, 9.17) is 11.6 Å². The number of carbonyl (C=O) groups is 2. The Morgan fingerprint density at radius 3 is 2.57 bits per heavy atom. The van der Waals surface area contributed by atoms with Crippen LogP contribution >= 0.6 is 11.6 Å². The molecule has 6 heteroatoms. The van der Waals surface area contributed by atoms with Gasteiger partial charge in [0.1, 0.15) is 0 Å². The number of urea groups is 1. The molecule has 2 N–H and O–H groups in total. The van der Waals surface area contributed by atoms with E-state index in [1.807, 2.05) is 35.2 Å². The molecule has 2 aliphatic rings. The molecule has 2 unspecified atom stereocenters. The number of carbonyl (C=O) groups excluding carboxylic acids is 2. The van der Waals surface area contributed by atoms with Crippen LogP contribution in [-0.2, 0) is 6.54 Å². The van der Waals surface area contributed by atoms with Crippen LogP contribution < -0.4 is 10.6 Å². The number of nitrogens with zero attached hydrogens (tertiary/aromatic N) is 1. The molecule has 1 saturated heterocycles. The summed E-state index contributed by atoms with van der Waals surface area (Å²) in [4.78, 5) is 27.4. The summed E-state index contributed by atoms with van der Waals surface area (Å²) in [6.45, 7) is 1.24. The molecule has 158 valence electrons. The van der Waals surface area contributed by atoms with E-state index < -0.39 is 0 Å². The Morgan fingerprint density at radius 1 is 1.00 bits per heavy atom. The highest BCUT2D eigenvalue weighted by Crippen LogP contribution is 2.36. The molecule has 0 aromatic heterocycles. The quantitative estimate of drug-likeness (QED) is 0.683. The van der Waals surface area contributed by atoms with Gasteiger partial charge in [-0.25, -0.2) is 4.79 Å². The molecule has 5 nitrogen and oxygen atoms in total. The minimum atomic E-state index is -0.310. The highest BCUT2D eigenvalue weighted by atomic mass is 35.5. The van der Waals surface area contributed by atoms with Gasteiger partial charge in [0.15, 0.2) is 0 Å². The maximum Gasteiger partial charge on any atom is 0.319 e. The third kappa shape index (κ3) is 4.78. The zero-order valence-corrected chi connectivity index (χ0v) is 17.8. The Balaban J connectivity index is 1.39. The van der Waals surface area contributed by atoms with Crippen LogP contribution in [0.15, 0.2) is 48.5 Å². The molecule has 0 bridgehead atoms. The summed E-state index contributed by atoms with van der Waals surface area (Å²) in [7, 11) is 0. The van der Waals surface area contributed by atoms with Crippen LogP contribution in [0.2, 0.25) is 5.02 Å². The summed E-state index contributed by atoms with van der Waals surface area (Å²) in [5.74, 6) is 0.640. The fourth-order valence-electron chi connectivity index (χ4n) is 4.75. The second kappa shape index (κ2) is 9.52. The van der Waals surface area contributed by atoms with Crippen molar-refractivity contribution in [1.29, 1.82) is 0 Å². The minimum Gasteiger partial charge on any atom is -0.335 e. The van der Waals surface area contributed by atoms with E-state index >= 15 is 0 Å². The van der Waals surface area contributed by atoms with Crippen LogP contribution in [-0.4, -0.2) is 29.4 Å². The van der Waals surface area contributed by atoms with Gasteiger partial charge in [-0.15, -0.1) is 0 Å². The maximum absolute atomic E-state index is 13.2. The highest BCUT2D eigenvalue weighted by Gasteiger charge is 2.36. The SMILES string of the molecule is O=C(NCc1ccccc1)Nc1ccc(C(=O)N2CCCC3CCCCC32)c(Cl)c1. The number of benzene rings is 2. The number of hydrogen-bond acceptors (Lipinski definition) is 2. The van der Waals surface area contributed by atoms with Crippen LogP contribution in [0.25, 0.3) is 0 Å². The van der Waals surface area contributed by atoms with Gasteiger partial charge in [-0.1, -0.05) is 54.8 Å². The van der Waals surface area contributed by atoms with Crippen LogP contribution in [0.5, 0.6) is 0 Å². The van der Waals surface area contributed by atoms with Crippen molar-refractivity contribution in [3.8, 4) is 0 Å². The molecule has 3 amide bonds. The van der Waals surface area contributed by atoms with Crippen molar-refractivity contribution < 1.29 is 9.59 Å². The summed E-state index contributed by atoms with van der Waals surface area (Å²) in [5.41, 5.74) is 2.10. The lowest BCUT2D eigenvalue weighted by Gasteiger charge is -2.44. The first-order valence-corrected chi connectivity index (χ1v) is 11.2. The molecule has 0 spiro atoms. The van der Waals surface area contributed by atoms with Crippen molar-refractivity contribution in [1.82, 2.24) is 10.2 Å². The third-order valence-electron chi connectivity index (χ3n) is 6.26. The predicted molar refractivity (Wildman–Crippen MR) is 120 cm³/mol. The van der Waals surface area contributed by atoms with E-state index in [9.17, 15) is 9.59 Å². The van der Waals surface area contributed by atoms with Crippen LogP contribution in [0.4, 0.5) is 10.5 Å². The van der Waals surface area contributed by atoms with Gasteiger partial charge in [0.25, 0.3) is 5.91 Å². The van der Waals surface area contributed by atoms with E-state index in [-0.39, 0.29) is 11.9 Å². The molecule has 4 rings (SSSR count). The highest BCUT2D eigenvalue weighted by molar-refractivity contribution is 6.34. The molecular weight excluding hydrogens is 398 g/mol. The molecule has 1 aliphatic carbocycles. The van der Waals surface area contributed by atoms with Crippen molar-refractivity contribution in [2.45, 2.75) is 51.1 Å². The van der Waals surface area contributed by atoms with Crippen molar-refractivity contribution in [2.24, 2.45) is 5.92 Å². The standard InChI is InChI=1S/C24H28ClN3O2/c25-21-15-19(27-24(30)26-16-17-7-2-1-3-8-17)12-13-20(21)23(29)28-14-6-10-18-9-4-5-11-22(18)28/h1-3,7-8,12-13,15,18,22H,4-6,9-11,14,16H2,(H2,26,27,30). The lowest BCUT2D eigenvalue weighted by Crippen LogP contribution is -2.49. The molecule has 2 fully saturated rings. The number of anilines is 1. The average molecular weight is 426 g/mol. The second-order valence-electron chi connectivity index (χ2n) is 8.24. The smallest absolute Gasteiger partial charge is 0.319 e. The minimum absolute atomic E-state index is 0.0108. The molecule has 2 atom stereocenters. The van der Waals surface area contributed by atoms with E-state index in [1.54, 1.807) is 18.2 Å². The van der Waals surface area contributed by atoms with Crippen LogP contribution in [0, 0.1) is 5.92 Å². The van der Waals surface area contributed by atoms with Gasteiger partial charge in [-0.2, -0.15) is 0 Å². The van der Waals surface area contributed by atoms with E-state index in [2.05, 4.69) is 10.6 Å². The molecule has 2 aromatic rings. The van der Waals surface area contributed by atoms with Crippen LogP contribution in [0.1, 0.15) is 54.4 Å². The number of hydrogen-bond donors (Lipinski definition) is 2. The Hall–Kier alpha value is -2.53. The molecule has 1 saturated carbocycles. The Labute approximate surface area is 182 Å². The van der Waals surface area contributed by atoms with E-state index in [0.717, 1.165) is 24.9 Å². The van der Waals surface area contributed by atoms with Gasteiger partial charge in [0, 0.05) is 24.8 Å². The van der Waals surface area contributed by atoms with Crippen molar-refractivity contribution >= 4 is 29.2 Å². The first-order chi connectivity index (χ1) is 14.6. The Bertz CT molecular complexity index is 901. The first-order valence-electron chi connectivity index (χ1n) is 10.8. The van der Waals surface area contributed by atoms with Gasteiger partial charge >= 0.3 is 6.03 Å². The van der Waals surface area contributed by atoms with Crippen LogP contribution in [0.3, 0.4) is 0 Å². The number of amides is 3. The molecule has 1 heterocycles. The largest absolute Gasteiger partial charge is 0.335 e. The number of piperidine rings is 1. The van der Waals surface area contributed by atoms with Crippen molar-refractivity contribution in [2.75, 3.05) is 11.9 Å². The summed E-state index contributed by atoms with van der Waals surface area (Å²) in [6.07, 6.45) is 7.07. The zero-order valence-electron chi connectivity index (χ0n) is 17.1. The molecule has 2 aromatic carbocycles. The van der Waals surface area contributed by atoms with E-state index in [1.165, 1.54) is 25.7 Å². The summed E-state index contributed by atoms with van der Waals surface area (Å²) in [6, 6.07) is 14.9. The average Bonchev–Trinajstić information content (AvgIpc) is 2.78. The lowest BCUT2D eigenvalue weighted by atomic mass is 9.78. The molecule has 0 radical (unpaired) electrons. The molecular formula is C24H28ClN3O2. The van der Waals surface area contributed by atoms with Gasteiger partial charge in [-0.3, -0.25) is 4.79 Å². The Kier molecular flexibility index (Phi) is 6.58. The topological polar surface area (TPSA) is 61.4 Å². The maximum atomic E-state index is 13.2. The summed E-state index contributed by atoms with van der Waals surface area (Å²) >= 11 is 6.46. The molecule has 30 heavy (non-hydrogen) atoms. The first kappa shape index (κ1) is 20.7. The zero-order chi connectivity index (χ0) is 20.9. The molecule has 1 aliphatic heterocycles. The predicted octanol–water partition coefficient (Wildman–Crippen LogP) is 5.46. The number of nitrogens with one attached hydrogen (secondary N) is 2. The summed E-state index contributed by atoms with van der Waals surface area (Å²) in [5, 5.41) is 5.98. The fourth-order valence-corrected chi connectivity index (χ4v) is 5.01. The van der Waals surface area contributed by atoms with Crippen molar-refractivity contribution in [3.63, 3.8) is 0 Å². The van der Waals surface area contributed by atoms with Gasteiger partial charge in [0.2, 0.25) is 0 Å². The normalized spacial score (nSPS) is 20.9. The Morgan fingerprint density at radius 2 is 1.77 bits per heavy atom. The number of fused-ring (bicyclic) bond motifs is 1. The second-order valence-corrected chi connectivity index (χ2v) is 8.65. The van der Waals surface area contributed by atoms with Crippen molar-refractivity contribution in [3.05, 3.63) is 64.7 Å². The number of halogens is 1. The lowest BCUT2D eigenvalue weighted by molar-refractivity contribution is 0.0391. The van der Waals surface area contributed by atoms with Gasteiger partial charge in [0.05, 0.1) is 10.6 Å². The number of rotatable bonds is 4. The van der Waals surface area contributed by atoms with Gasteiger partial charge in [-0.05, 0) is 55.4 Å². The monoisotopic (exact) mass is 425 g/mol. The van der Waals surface area contributed by atoms with E-state index in [0.29, 0.717) is 34.8 Å². The number of likely N-dealkylation sites (tertiary alicyclic amines) is 1.